The molecule has 0 aliphatic rings. The average Bonchev–Trinajstić information content (AvgIpc) is 3.08. The molecule has 0 aliphatic heterocycles. The van der Waals surface area contributed by atoms with Gasteiger partial charge in [-0.25, -0.2) is 0 Å². The predicted octanol–water partition coefficient (Wildman–Crippen LogP) is 5.26. The molecule has 1 heterocycles. The van der Waals surface area contributed by atoms with Gasteiger partial charge in [-0.15, -0.1) is 10.2 Å². The Balaban J connectivity index is 1.56. The zero-order valence-electron chi connectivity index (χ0n) is 15.7. The van der Waals surface area contributed by atoms with Crippen LogP contribution in [0, 0.1) is 0 Å². The first kappa shape index (κ1) is 18.5. The number of hydrogen-bond acceptors (Lipinski definition) is 5. The normalized spacial score (nSPS) is 11.5. The molecular weight excluding hydrogens is 344 g/mol. The first-order chi connectivity index (χ1) is 12.4. The molecule has 4 nitrogen and oxygen atoms in total. The van der Waals surface area contributed by atoms with Gasteiger partial charge in [-0.1, -0.05) is 68.9 Å². The second kappa shape index (κ2) is 7.96. The van der Waals surface area contributed by atoms with E-state index >= 15 is 0 Å². The second-order valence-corrected chi connectivity index (χ2v) is 8.15. The van der Waals surface area contributed by atoms with Gasteiger partial charge in [0, 0.05) is 5.75 Å². The molecule has 0 saturated heterocycles. The smallest absolute Gasteiger partial charge is 0.276 e. The molecule has 3 aromatic rings. The van der Waals surface area contributed by atoms with Crippen molar-refractivity contribution < 1.29 is 9.15 Å². The molecule has 5 heteroatoms. The molecular formula is C21H24N2O2S. The van der Waals surface area contributed by atoms with Gasteiger partial charge in [0.25, 0.3) is 5.22 Å². The number of methoxy groups -OCH3 is 1. The fraction of sp³-hybridized carbons (Fsp3) is 0.333. The van der Waals surface area contributed by atoms with Crippen LogP contribution in [0.15, 0.2) is 58.2 Å². The van der Waals surface area contributed by atoms with Crippen LogP contribution in [-0.2, 0) is 17.6 Å². The minimum Gasteiger partial charge on any atom is -0.497 e. The second-order valence-electron chi connectivity index (χ2n) is 7.22. The molecule has 1 aromatic heterocycles. The summed E-state index contributed by atoms with van der Waals surface area (Å²) in [6.45, 7) is 6.67. The Morgan fingerprint density at radius 3 is 2.19 bits per heavy atom. The lowest BCUT2D eigenvalue weighted by Crippen LogP contribution is -2.10. The highest BCUT2D eigenvalue weighted by Crippen LogP contribution is 2.26. The molecule has 0 fully saturated rings. The molecule has 0 unspecified atom stereocenters. The molecule has 3 rings (SSSR count). The first-order valence-corrected chi connectivity index (χ1v) is 9.60. The van der Waals surface area contributed by atoms with Crippen molar-refractivity contribution in [2.45, 2.75) is 43.6 Å². The van der Waals surface area contributed by atoms with Crippen molar-refractivity contribution in [3.05, 3.63) is 71.1 Å². The van der Waals surface area contributed by atoms with Gasteiger partial charge in [0.1, 0.15) is 5.75 Å². The lowest BCUT2D eigenvalue weighted by molar-refractivity contribution is 0.413. The van der Waals surface area contributed by atoms with E-state index in [2.05, 4.69) is 55.2 Å². The number of nitrogens with zero attached hydrogens (tertiary/aromatic N) is 2. The molecule has 136 valence electrons. The summed E-state index contributed by atoms with van der Waals surface area (Å²) in [5, 5.41) is 8.89. The molecule has 0 atom stereocenters. The van der Waals surface area contributed by atoms with Crippen LogP contribution in [0.2, 0.25) is 0 Å². The van der Waals surface area contributed by atoms with Crippen molar-refractivity contribution in [2.75, 3.05) is 7.11 Å². The van der Waals surface area contributed by atoms with Crippen LogP contribution in [0.3, 0.4) is 0 Å². The van der Waals surface area contributed by atoms with Gasteiger partial charge in [-0.05, 0) is 34.2 Å². The maximum Gasteiger partial charge on any atom is 0.276 e. The zero-order chi connectivity index (χ0) is 18.6. The number of thioether (sulfide) groups is 1. The van der Waals surface area contributed by atoms with Crippen LogP contribution in [0.1, 0.15) is 43.4 Å². The molecule has 0 N–H and O–H groups in total. The summed E-state index contributed by atoms with van der Waals surface area (Å²) in [6.07, 6.45) is 0.623. The minimum absolute atomic E-state index is 0.175. The van der Waals surface area contributed by atoms with Crippen molar-refractivity contribution in [1.29, 1.82) is 0 Å². The van der Waals surface area contributed by atoms with Gasteiger partial charge >= 0.3 is 0 Å². The summed E-state index contributed by atoms with van der Waals surface area (Å²) in [4.78, 5) is 0. The van der Waals surface area contributed by atoms with Gasteiger partial charge in [-0.2, -0.15) is 0 Å². The van der Waals surface area contributed by atoms with Gasteiger partial charge in [0.05, 0.1) is 13.5 Å². The molecule has 2 aromatic carbocycles. The number of aromatic nitrogens is 2. The summed E-state index contributed by atoms with van der Waals surface area (Å²) in [5.41, 5.74) is 3.88. The topological polar surface area (TPSA) is 48.2 Å². The van der Waals surface area contributed by atoms with E-state index in [1.165, 1.54) is 11.1 Å². The van der Waals surface area contributed by atoms with E-state index < -0.39 is 0 Å². The third-order valence-electron chi connectivity index (χ3n) is 4.14. The summed E-state index contributed by atoms with van der Waals surface area (Å²) >= 11 is 1.56. The van der Waals surface area contributed by atoms with E-state index in [0.29, 0.717) is 17.5 Å². The lowest BCUT2D eigenvalue weighted by Gasteiger charge is -2.19. The molecule has 0 bridgehead atoms. The van der Waals surface area contributed by atoms with Crippen LogP contribution < -0.4 is 4.74 Å². The summed E-state index contributed by atoms with van der Waals surface area (Å²) in [7, 11) is 1.66. The third kappa shape index (κ3) is 4.88. The van der Waals surface area contributed by atoms with Gasteiger partial charge in [0.2, 0.25) is 5.89 Å². The standard InChI is InChI=1S/C21H24N2O2S/c1-21(2,3)17-9-5-16(6-10-17)14-26-20-23-22-19(25-20)13-15-7-11-18(24-4)12-8-15/h5-12H,13-14H2,1-4H3. The van der Waals surface area contributed by atoms with Crippen molar-refractivity contribution in [3.63, 3.8) is 0 Å². The van der Waals surface area contributed by atoms with Gasteiger partial charge in [0.15, 0.2) is 0 Å². The van der Waals surface area contributed by atoms with Crippen LogP contribution in [0.25, 0.3) is 0 Å². The van der Waals surface area contributed by atoms with Crippen molar-refractivity contribution in [1.82, 2.24) is 10.2 Å². The van der Waals surface area contributed by atoms with Crippen LogP contribution in [0.4, 0.5) is 0 Å². The van der Waals surface area contributed by atoms with Gasteiger partial charge < -0.3 is 9.15 Å². The Labute approximate surface area is 159 Å². The molecule has 0 spiro atoms. The highest BCUT2D eigenvalue weighted by atomic mass is 32.2. The maximum absolute atomic E-state index is 5.75. The number of hydrogen-bond donors (Lipinski definition) is 0. The highest BCUT2D eigenvalue weighted by molar-refractivity contribution is 7.98. The summed E-state index contributed by atoms with van der Waals surface area (Å²) in [6, 6.07) is 16.6. The number of benzene rings is 2. The average molecular weight is 369 g/mol. The number of rotatable bonds is 6. The molecule has 0 saturated carbocycles. The molecule has 0 aliphatic carbocycles. The Morgan fingerprint density at radius 2 is 1.58 bits per heavy atom. The quantitative estimate of drug-likeness (QED) is 0.556. The summed E-state index contributed by atoms with van der Waals surface area (Å²) < 4.78 is 10.9. The van der Waals surface area contributed by atoms with Crippen molar-refractivity contribution in [3.8, 4) is 5.75 Å². The van der Waals surface area contributed by atoms with Crippen molar-refractivity contribution in [2.24, 2.45) is 0 Å². The van der Waals surface area contributed by atoms with E-state index in [4.69, 9.17) is 9.15 Å². The van der Waals surface area contributed by atoms with Crippen molar-refractivity contribution >= 4 is 11.8 Å². The molecule has 0 radical (unpaired) electrons. The van der Waals surface area contributed by atoms with E-state index in [1.807, 2.05) is 24.3 Å². The highest BCUT2D eigenvalue weighted by Gasteiger charge is 2.13. The zero-order valence-corrected chi connectivity index (χ0v) is 16.5. The van der Waals surface area contributed by atoms with Crippen LogP contribution in [0.5, 0.6) is 5.75 Å². The SMILES string of the molecule is COc1ccc(Cc2nnc(SCc3ccc(C(C)(C)C)cc3)o2)cc1. The Bertz CT molecular complexity index is 834. The maximum atomic E-state index is 5.75. The van der Waals surface area contributed by atoms with E-state index in [9.17, 15) is 0 Å². The fourth-order valence-electron chi connectivity index (χ4n) is 2.53. The monoisotopic (exact) mass is 368 g/mol. The molecule has 0 amide bonds. The van der Waals surface area contributed by atoms with E-state index in [1.54, 1.807) is 18.9 Å². The Hall–Kier alpha value is -2.27. The van der Waals surface area contributed by atoms with Gasteiger partial charge in [-0.3, -0.25) is 0 Å². The fourth-order valence-corrected chi connectivity index (χ4v) is 3.27. The minimum atomic E-state index is 0.175. The Morgan fingerprint density at radius 1 is 0.923 bits per heavy atom. The van der Waals surface area contributed by atoms with Crippen LogP contribution in [-0.4, -0.2) is 17.3 Å². The number of ether oxygens (including phenoxy) is 1. The first-order valence-electron chi connectivity index (χ1n) is 8.61. The van der Waals surface area contributed by atoms with E-state index in [0.717, 1.165) is 17.1 Å². The van der Waals surface area contributed by atoms with E-state index in [-0.39, 0.29) is 5.41 Å². The molecule has 26 heavy (non-hydrogen) atoms. The largest absolute Gasteiger partial charge is 0.497 e. The van der Waals surface area contributed by atoms with Crippen LogP contribution >= 0.6 is 11.8 Å². The summed E-state index contributed by atoms with van der Waals surface area (Å²) in [5.74, 6) is 2.28. The lowest BCUT2D eigenvalue weighted by atomic mass is 9.87. The predicted molar refractivity (Wildman–Crippen MR) is 105 cm³/mol. The third-order valence-corrected chi connectivity index (χ3v) is 5.03. The Kier molecular flexibility index (Phi) is 5.67.